The third-order valence-electron chi connectivity index (χ3n) is 3.64. The second kappa shape index (κ2) is 6.80. The maximum atomic E-state index is 10.4. The summed E-state index contributed by atoms with van der Waals surface area (Å²) in [6, 6.07) is 8.41. The Morgan fingerprint density at radius 2 is 1.95 bits per heavy atom. The first-order valence-corrected chi connectivity index (χ1v) is 7.42. The van der Waals surface area contributed by atoms with Crippen molar-refractivity contribution in [1.82, 2.24) is 5.32 Å². The molecule has 1 heterocycles. The summed E-state index contributed by atoms with van der Waals surface area (Å²) < 4.78 is 1.10. The van der Waals surface area contributed by atoms with Gasteiger partial charge in [-0.3, -0.25) is 0 Å². The Kier molecular flexibility index (Phi) is 5.07. The Hall–Kier alpha value is -1.23. The monoisotopic (exact) mass is 326 g/mol. The lowest BCUT2D eigenvalue weighted by molar-refractivity contribution is 0.193. The van der Waals surface area contributed by atoms with Crippen molar-refractivity contribution in [3.8, 4) is 0 Å². The van der Waals surface area contributed by atoms with Gasteiger partial charge in [-0.15, -0.1) is 0 Å². The van der Waals surface area contributed by atoms with Gasteiger partial charge in [-0.2, -0.15) is 0 Å². The second-order valence-corrected chi connectivity index (χ2v) is 5.84. The first-order chi connectivity index (χ1) is 9.15. The van der Waals surface area contributed by atoms with Gasteiger partial charge in [-0.05, 0) is 49.4 Å². The van der Waals surface area contributed by atoms with Crippen molar-refractivity contribution < 1.29 is 9.90 Å². The van der Waals surface area contributed by atoms with Gasteiger partial charge in [0.2, 0.25) is 0 Å². The molecule has 0 atom stereocenters. The molecule has 0 aromatic heterocycles. The zero-order valence-electron chi connectivity index (χ0n) is 10.8. The van der Waals surface area contributed by atoms with Crippen LogP contribution >= 0.6 is 15.9 Å². The Morgan fingerprint density at radius 3 is 2.53 bits per heavy atom. The van der Waals surface area contributed by atoms with Gasteiger partial charge in [-0.1, -0.05) is 15.9 Å². The molecule has 104 valence electrons. The number of hydrogen-bond acceptors (Lipinski definition) is 2. The van der Waals surface area contributed by atoms with E-state index in [9.17, 15) is 4.79 Å². The number of carbonyl (C=O) groups is 1. The number of anilines is 1. The van der Waals surface area contributed by atoms with Gasteiger partial charge in [0.15, 0.2) is 0 Å². The number of halogens is 1. The number of nitrogens with one attached hydrogen (secondary N) is 1. The van der Waals surface area contributed by atoms with E-state index in [-0.39, 0.29) is 0 Å². The zero-order chi connectivity index (χ0) is 13.7. The topological polar surface area (TPSA) is 52.6 Å². The van der Waals surface area contributed by atoms with Crippen LogP contribution in [0.15, 0.2) is 28.7 Å². The van der Waals surface area contributed by atoms with E-state index in [2.05, 4.69) is 50.4 Å². The number of benzene rings is 1. The molecular weight excluding hydrogens is 308 g/mol. The molecule has 4 nitrogen and oxygen atoms in total. The molecular formula is C14H19BrN2O2. The van der Waals surface area contributed by atoms with Crippen LogP contribution in [0, 0.1) is 5.92 Å². The van der Waals surface area contributed by atoms with Crippen LogP contribution in [0.25, 0.3) is 0 Å². The minimum absolute atomic E-state index is 0.568. The highest BCUT2D eigenvalue weighted by molar-refractivity contribution is 9.10. The molecule has 5 heteroatoms. The van der Waals surface area contributed by atoms with Gasteiger partial charge >= 0.3 is 6.09 Å². The van der Waals surface area contributed by atoms with Gasteiger partial charge < -0.3 is 15.3 Å². The van der Waals surface area contributed by atoms with E-state index in [0.717, 1.165) is 36.8 Å². The van der Waals surface area contributed by atoms with Crippen molar-refractivity contribution in [2.45, 2.75) is 19.3 Å². The number of rotatable bonds is 4. The molecule has 1 aliphatic heterocycles. The summed E-state index contributed by atoms with van der Waals surface area (Å²) in [5, 5.41) is 11.0. The molecule has 0 aliphatic carbocycles. The number of nitrogens with zero attached hydrogens (tertiary/aromatic N) is 1. The minimum atomic E-state index is -0.924. The van der Waals surface area contributed by atoms with Crippen LogP contribution in [-0.2, 0) is 0 Å². The van der Waals surface area contributed by atoms with E-state index in [1.54, 1.807) is 0 Å². The quantitative estimate of drug-likeness (QED) is 0.892. The lowest BCUT2D eigenvalue weighted by atomic mass is 9.93. The van der Waals surface area contributed by atoms with Crippen LogP contribution in [0.3, 0.4) is 0 Å². The Balaban J connectivity index is 1.76. The normalized spacial score (nSPS) is 16.4. The summed E-state index contributed by atoms with van der Waals surface area (Å²) in [6.45, 7) is 2.68. The highest BCUT2D eigenvalue weighted by Gasteiger charge is 2.19. The molecule has 2 N–H and O–H groups in total. The fourth-order valence-electron chi connectivity index (χ4n) is 2.51. The highest BCUT2D eigenvalue weighted by atomic mass is 79.9. The van der Waals surface area contributed by atoms with Gasteiger partial charge in [0.25, 0.3) is 0 Å². The van der Waals surface area contributed by atoms with Crippen LogP contribution in [0.4, 0.5) is 10.5 Å². The van der Waals surface area contributed by atoms with Gasteiger partial charge in [0.05, 0.1) is 0 Å². The summed E-state index contributed by atoms with van der Waals surface area (Å²) in [7, 11) is 0. The average Bonchev–Trinajstić information content (AvgIpc) is 2.40. The Labute approximate surface area is 121 Å². The van der Waals surface area contributed by atoms with E-state index in [0.29, 0.717) is 12.5 Å². The van der Waals surface area contributed by atoms with Gasteiger partial charge in [0, 0.05) is 29.8 Å². The molecule has 0 radical (unpaired) electrons. The molecule has 0 bridgehead atoms. The number of carboxylic acid groups (broad SMARTS) is 1. The lowest BCUT2D eigenvalue weighted by Crippen LogP contribution is -2.35. The smallest absolute Gasteiger partial charge is 0.404 e. The van der Waals surface area contributed by atoms with Crippen molar-refractivity contribution in [3.63, 3.8) is 0 Å². The average molecular weight is 327 g/mol. The van der Waals surface area contributed by atoms with Crippen LogP contribution in [0.2, 0.25) is 0 Å². The molecule has 1 aromatic carbocycles. The van der Waals surface area contributed by atoms with E-state index in [1.165, 1.54) is 5.69 Å². The molecule has 0 unspecified atom stereocenters. The fraction of sp³-hybridized carbons (Fsp3) is 0.500. The van der Waals surface area contributed by atoms with Crippen molar-refractivity contribution in [1.29, 1.82) is 0 Å². The van der Waals surface area contributed by atoms with Crippen molar-refractivity contribution >= 4 is 27.7 Å². The summed E-state index contributed by atoms with van der Waals surface area (Å²) in [4.78, 5) is 12.8. The standard InChI is InChI=1S/C14H19BrN2O2/c15-12-1-3-13(4-2-12)17-9-6-11(7-10-17)5-8-16-14(18)19/h1-4,11,16H,5-10H2,(H,18,19). The van der Waals surface area contributed by atoms with Crippen molar-refractivity contribution in [2.75, 3.05) is 24.5 Å². The number of amides is 1. The predicted molar refractivity (Wildman–Crippen MR) is 79.7 cm³/mol. The van der Waals surface area contributed by atoms with Crippen molar-refractivity contribution in [3.05, 3.63) is 28.7 Å². The van der Waals surface area contributed by atoms with E-state index in [4.69, 9.17) is 5.11 Å². The fourth-order valence-corrected chi connectivity index (χ4v) is 2.78. The molecule has 0 saturated carbocycles. The highest BCUT2D eigenvalue weighted by Crippen LogP contribution is 2.25. The molecule has 1 aliphatic rings. The first-order valence-electron chi connectivity index (χ1n) is 6.62. The molecule has 1 saturated heterocycles. The maximum absolute atomic E-state index is 10.4. The molecule has 1 fully saturated rings. The molecule has 19 heavy (non-hydrogen) atoms. The van der Waals surface area contributed by atoms with E-state index < -0.39 is 6.09 Å². The van der Waals surface area contributed by atoms with Crippen LogP contribution in [0.5, 0.6) is 0 Å². The van der Waals surface area contributed by atoms with E-state index >= 15 is 0 Å². The molecule has 2 rings (SSSR count). The Morgan fingerprint density at radius 1 is 1.32 bits per heavy atom. The third-order valence-corrected chi connectivity index (χ3v) is 4.16. The summed E-state index contributed by atoms with van der Waals surface area (Å²) in [5.74, 6) is 0.638. The third kappa shape index (κ3) is 4.42. The summed E-state index contributed by atoms with van der Waals surface area (Å²) in [5.41, 5.74) is 1.27. The Bertz CT molecular complexity index is 414. The largest absolute Gasteiger partial charge is 0.465 e. The second-order valence-electron chi connectivity index (χ2n) is 4.93. The molecule has 1 aromatic rings. The zero-order valence-corrected chi connectivity index (χ0v) is 12.4. The number of hydrogen-bond donors (Lipinski definition) is 2. The van der Waals surface area contributed by atoms with Crippen LogP contribution in [0.1, 0.15) is 19.3 Å². The summed E-state index contributed by atoms with van der Waals surface area (Å²) in [6.07, 6.45) is 2.29. The predicted octanol–water partition coefficient (Wildman–Crippen LogP) is 3.32. The van der Waals surface area contributed by atoms with Crippen LogP contribution < -0.4 is 10.2 Å². The molecule has 1 amide bonds. The first kappa shape index (κ1) is 14.2. The van der Waals surface area contributed by atoms with Gasteiger partial charge in [-0.25, -0.2) is 4.79 Å². The lowest BCUT2D eigenvalue weighted by Gasteiger charge is -2.33. The molecule has 0 spiro atoms. The minimum Gasteiger partial charge on any atom is -0.465 e. The van der Waals surface area contributed by atoms with E-state index in [1.807, 2.05) is 0 Å². The van der Waals surface area contributed by atoms with Gasteiger partial charge in [0.1, 0.15) is 0 Å². The maximum Gasteiger partial charge on any atom is 0.404 e. The SMILES string of the molecule is O=C(O)NCCC1CCN(c2ccc(Br)cc2)CC1. The van der Waals surface area contributed by atoms with Crippen molar-refractivity contribution in [2.24, 2.45) is 5.92 Å². The number of piperidine rings is 1. The summed E-state index contributed by atoms with van der Waals surface area (Å²) >= 11 is 3.45. The van der Waals surface area contributed by atoms with Crippen LogP contribution in [-0.4, -0.2) is 30.8 Å².